The lowest BCUT2D eigenvalue weighted by atomic mass is 9.75. The van der Waals surface area contributed by atoms with Crippen LogP contribution in [0.5, 0.6) is 0 Å². The van der Waals surface area contributed by atoms with Crippen molar-refractivity contribution in [3.05, 3.63) is 211 Å². The molecule has 0 saturated heterocycles. The number of thiophene rings is 1. The summed E-state index contributed by atoms with van der Waals surface area (Å²) in [7, 11) is 0. The van der Waals surface area contributed by atoms with E-state index in [1.54, 1.807) is 0 Å². The molecule has 2 atom stereocenters. The molecule has 0 fully saturated rings. The Bertz CT molecular complexity index is 3610. The molecule has 1 N–H and O–H groups in total. The monoisotopic (exact) mass is 826 g/mol. The Morgan fingerprint density at radius 3 is 2.27 bits per heavy atom. The zero-order valence-electron chi connectivity index (χ0n) is 35.0. The maximum Gasteiger partial charge on any atom is 0.0900 e. The van der Waals surface area contributed by atoms with Crippen molar-refractivity contribution < 1.29 is 0 Å². The number of hydrogen-bond acceptors (Lipinski definition) is 5. The van der Waals surface area contributed by atoms with Crippen molar-refractivity contribution >= 4 is 75.2 Å². The summed E-state index contributed by atoms with van der Waals surface area (Å²) >= 11 is 1.85. The molecule has 2 aliphatic rings. The average molecular weight is 827 g/mol. The van der Waals surface area contributed by atoms with Gasteiger partial charge in [0.25, 0.3) is 0 Å². The zero-order chi connectivity index (χ0) is 42.1. The molecule has 10 aromatic rings. The molecule has 12 rings (SSSR count). The molecule has 4 aromatic heterocycles. The first-order valence-corrected chi connectivity index (χ1v) is 22.5. The zero-order valence-corrected chi connectivity index (χ0v) is 35.8. The molecule has 1 unspecified atom stereocenters. The highest BCUT2D eigenvalue weighted by molar-refractivity contribution is 7.26. The van der Waals surface area contributed by atoms with Crippen molar-refractivity contribution in [2.24, 2.45) is 0 Å². The minimum atomic E-state index is -0.224. The predicted octanol–water partition coefficient (Wildman–Crippen LogP) is 14.9. The minimum Gasteiger partial charge on any atom is -0.377 e. The van der Waals surface area contributed by atoms with Crippen molar-refractivity contribution in [2.45, 2.75) is 31.7 Å². The summed E-state index contributed by atoms with van der Waals surface area (Å²) in [5.74, 6) is 0. The highest BCUT2D eigenvalue weighted by atomic mass is 32.1. The molecular weight excluding hydrogens is 785 g/mol. The van der Waals surface area contributed by atoms with E-state index in [1.807, 2.05) is 35.7 Å². The van der Waals surface area contributed by atoms with Crippen molar-refractivity contribution in [1.82, 2.24) is 20.3 Å². The summed E-state index contributed by atoms with van der Waals surface area (Å²) in [6.07, 6.45) is 16.1. The number of pyridine rings is 3. The summed E-state index contributed by atoms with van der Waals surface area (Å²) in [4.78, 5) is 15.5. The molecule has 0 radical (unpaired) electrons. The highest BCUT2D eigenvalue weighted by Crippen LogP contribution is 2.47. The molecule has 0 spiro atoms. The molecule has 0 saturated carbocycles. The third-order valence-corrected chi connectivity index (χ3v) is 14.2. The van der Waals surface area contributed by atoms with Gasteiger partial charge in [-0.25, -0.2) is 9.97 Å². The minimum absolute atomic E-state index is 0.224. The first kappa shape index (κ1) is 37.3. The van der Waals surface area contributed by atoms with Crippen LogP contribution in [-0.2, 0) is 5.41 Å². The molecule has 1 aliphatic heterocycles. The first-order valence-electron chi connectivity index (χ1n) is 21.7. The Balaban J connectivity index is 0.976. The van der Waals surface area contributed by atoms with Crippen LogP contribution in [0.4, 0.5) is 0 Å². The van der Waals surface area contributed by atoms with Gasteiger partial charge in [0, 0.05) is 49.6 Å². The molecule has 6 aromatic carbocycles. The SMILES string of the molecule is C[C@H]1C=CC=C(c2cc(C3=CCC(C)(c4cccc(-c5nc6c(-c7cc8ccccc8c8ccccc78)cccc6c6c5sc5ccccc56)c4)C=C3)cc(-c3ccccn3)n2)N1. The highest BCUT2D eigenvalue weighted by Gasteiger charge is 2.27. The van der Waals surface area contributed by atoms with Crippen LogP contribution in [0.25, 0.3) is 97.7 Å². The van der Waals surface area contributed by atoms with E-state index in [0.29, 0.717) is 0 Å². The summed E-state index contributed by atoms with van der Waals surface area (Å²) in [6, 6.07) is 55.1. The number of hydrogen-bond donors (Lipinski definition) is 1. The fourth-order valence-corrected chi connectivity index (χ4v) is 10.9. The van der Waals surface area contributed by atoms with E-state index >= 15 is 0 Å². The number of dihydropyridines is 1. The van der Waals surface area contributed by atoms with Gasteiger partial charge in [-0.05, 0) is 106 Å². The van der Waals surface area contributed by atoms with Crippen molar-refractivity contribution in [1.29, 1.82) is 0 Å². The lowest BCUT2D eigenvalue weighted by Gasteiger charge is -2.29. The van der Waals surface area contributed by atoms with Gasteiger partial charge in [-0.2, -0.15) is 0 Å². The number of rotatable bonds is 6. The van der Waals surface area contributed by atoms with Crippen molar-refractivity contribution in [2.75, 3.05) is 0 Å². The van der Waals surface area contributed by atoms with Crippen LogP contribution in [-0.4, -0.2) is 21.0 Å². The van der Waals surface area contributed by atoms with Gasteiger partial charge in [0.2, 0.25) is 0 Å². The number of nitrogens with zero attached hydrogens (tertiary/aromatic N) is 3. The van der Waals surface area contributed by atoms with Crippen LogP contribution >= 0.6 is 11.3 Å². The molecule has 0 amide bonds. The van der Waals surface area contributed by atoms with Crippen molar-refractivity contribution in [3.63, 3.8) is 0 Å². The average Bonchev–Trinajstić information content (AvgIpc) is 3.74. The summed E-state index contributed by atoms with van der Waals surface area (Å²) < 4.78 is 2.49. The number of benzene rings is 6. The van der Waals surface area contributed by atoms with Crippen LogP contribution < -0.4 is 5.32 Å². The third-order valence-electron chi connectivity index (χ3n) is 13.0. The van der Waals surface area contributed by atoms with Gasteiger partial charge in [0.1, 0.15) is 0 Å². The maximum atomic E-state index is 5.73. The second-order valence-corrected chi connectivity index (χ2v) is 18.1. The predicted molar refractivity (Wildman–Crippen MR) is 267 cm³/mol. The molecule has 1 aliphatic carbocycles. The quantitative estimate of drug-likeness (QED) is 0.170. The number of allylic oxidation sites excluding steroid dienone is 6. The normalized spacial score (nSPS) is 17.4. The van der Waals surface area contributed by atoms with E-state index in [9.17, 15) is 0 Å². The summed E-state index contributed by atoms with van der Waals surface area (Å²) in [6.45, 7) is 4.50. The maximum absolute atomic E-state index is 5.73. The van der Waals surface area contributed by atoms with Crippen LogP contribution in [0.3, 0.4) is 0 Å². The lowest BCUT2D eigenvalue weighted by molar-refractivity contribution is 0.601. The van der Waals surface area contributed by atoms with Gasteiger partial charge in [-0.15, -0.1) is 11.3 Å². The van der Waals surface area contributed by atoms with E-state index in [-0.39, 0.29) is 11.5 Å². The second kappa shape index (κ2) is 14.9. The lowest BCUT2D eigenvalue weighted by Crippen LogP contribution is -2.25. The fraction of sp³-hybridized carbons (Fsp3) is 0.0862. The third kappa shape index (κ3) is 6.38. The molecule has 5 heterocycles. The second-order valence-electron chi connectivity index (χ2n) is 17.1. The van der Waals surface area contributed by atoms with Gasteiger partial charge in [0.05, 0.1) is 38.7 Å². The topological polar surface area (TPSA) is 50.7 Å². The Kier molecular flexibility index (Phi) is 8.80. The number of nitrogens with one attached hydrogen (secondary N) is 1. The van der Waals surface area contributed by atoms with Crippen LogP contribution in [0.1, 0.15) is 37.1 Å². The summed E-state index contributed by atoms with van der Waals surface area (Å²) in [5, 5.41) is 12.3. The van der Waals surface area contributed by atoms with Crippen LogP contribution in [0.2, 0.25) is 0 Å². The molecule has 63 heavy (non-hydrogen) atoms. The largest absolute Gasteiger partial charge is 0.377 e. The van der Waals surface area contributed by atoms with Crippen molar-refractivity contribution in [3.8, 4) is 33.8 Å². The van der Waals surface area contributed by atoms with E-state index < -0.39 is 0 Å². The molecule has 0 bridgehead atoms. The number of para-hydroxylation sites is 1. The molecule has 4 nitrogen and oxygen atoms in total. The fourth-order valence-electron chi connectivity index (χ4n) is 9.68. The Morgan fingerprint density at radius 2 is 1.43 bits per heavy atom. The standard InChI is InChI=1S/C58H42N4S/c1-36-14-11-25-50(60-36)52-35-40(34-51(61-52)49-24-9-10-31-59-49)37-27-29-58(2,30-28-37)41-17-12-16-39(32-41)55-57-54(46-21-7-8-26-53(46)63-57)47-23-13-22-45(56(47)62-55)48-33-38-15-3-4-18-42(38)43-19-5-6-20-44(43)48/h3-29,31-36,60H,30H2,1-2H3/t36-,58?/m0/s1. The van der Waals surface area contributed by atoms with Gasteiger partial charge in [0.15, 0.2) is 0 Å². The van der Waals surface area contributed by atoms with E-state index in [1.165, 1.54) is 63.8 Å². The van der Waals surface area contributed by atoms with E-state index in [2.05, 4.69) is 194 Å². The van der Waals surface area contributed by atoms with Crippen LogP contribution in [0.15, 0.2) is 194 Å². The molecule has 300 valence electrons. The first-order chi connectivity index (χ1) is 31.0. The Labute approximate surface area is 370 Å². The molecule has 5 heteroatoms. The Morgan fingerprint density at radius 1 is 0.651 bits per heavy atom. The summed E-state index contributed by atoms with van der Waals surface area (Å²) in [5.41, 5.74) is 12.5. The van der Waals surface area contributed by atoms with E-state index in [4.69, 9.17) is 9.97 Å². The van der Waals surface area contributed by atoms with Gasteiger partial charge >= 0.3 is 0 Å². The van der Waals surface area contributed by atoms with Gasteiger partial charge < -0.3 is 5.32 Å². The number of fused-ring (bicyclic) bond motifs is 8. The van der Waals surface area contributed by atoms with Gasteiger partial charge in [-0.1, -0.05) is 146 Å². The Hall–Kier alpha value is -7.47. The van der Waals surface area contributed by atoms with Gasteiger partial charge in [-0.3, -0.25) is 4.98 Å². The molecular formula is C58H42N4S. The number of aromatic nitrogens is 3. The smallest absolute Gasteiger partial charge is 0.0900 e. The van der Waals surface area contributed by atoms with Crippen LogP contribution in [0, 0.1) is 0 Å². The van der Waals surface area contributed by atoms with E-state index in [0.717, 1.165) is 57.1 Å².